The van der Waals surface area contributed by atoms with Crippen LogP contribution in [-0.2, 0) is 12.1 Å². The van der Waals surface area contributed by atoms with Crippen molar-refractivity contribution in [3.63, 3.8) is 0 Å². The molecule has 4 heteroatoms. The number of hydrogen-bond acceptors (Lipinski definition) is 3. The van der Waals surface area contributed by atoms with Crippen LogP contribution in [0, 0.1) is 5.92 Å². The average molecular weight is 304 g/mol. The fourth-order valence-electron chi connectivity index (χ4n) is 2.32. The van der Waals surface area contributed by atoms with E-state index in [-0.39, 0.29) is 5.56 Å². The molecule has 0 aromatic carbocycles. The third kappa shape index (κ3) is 3.63. The highest BCUT2D eigenvalue weighted by Crippen LogP contribution is 2.25. The predicted octanol–water partition coefficient (Wildman–Crippen LogP) is 3.82. The maximum atomic E-state index is 12.8. The number of pyridine rings is 1. The van der Waals surface area contributed by atoms with Crippen molar-refractivity contribution < 1.29 is 0 Å². The molecule has 3 nitrogen and oxygen atoms in total. The Balaban J connectivity index is 2.56. The molecule has 0 amide bonds. The van der Waals surface area contributed by atoms with Crippen molar-refractivity contribution in [1.82, 2.24) is 4.57 Å². The third-order valence-corrected chi connectivity index (χ3v) is 4.46. The van der Waals surface area contributed by atoms with Gasteiger partial charge >= 0.3 is 0 Å². The molecule has 0 saturated heterocycles. The first-order chi connectivity index (χ1) is 9.80. The molecule has 21 heavy (non-hydrogen) atoms. The number of hydrogen-bond donors (Lipinski definition) is 1. The molecule has 0 saturated carbocycles. The molecule has 0 atom stereocenters. The number of nitrogens with zero attached hydrogens (tertiary/aromatic N) is 1. The highest BCUT2D eigenvalue weighted by molar-refractivity contribution is 7.13. The second kappa shape index (κ2) is 6.16. The summed E-state index contributed by atoms with van der Waals surface area (Å²) in [4.78, 5) is 14.0. The van der Waals surface area contributed by atoms with E-state index in [0.29, 0.717) is 11.5 Å². The van der Waals surface area contributed by atoms with Crippen LogP contribution in [0.3, 0.4) is 0 Å². The van der Waals surface area contributed by atoms with E-state index in [1.54, 1.807) is 11.3 Å². The fraction of sp³-hybridized carbons (Fsp3) is 0.471. The third-order valence-electron chi connectivity index (χ3n) is 3.57. The largest absolute Gasteiger partial charge is 0.322 e. The van der Waals surface area contributed by atoms with Crippen molar-refractivity contribution in [2.45, 2.75) is 46.2 Å². The Morgan fingerprint density at radius 1 is 1.29 bits per heavy atom. The Bertz CT molecular complexity index is 648. The normalized spacial score (nSPS) is 12.1. The van der Waals surface area contributed by atoms with Gasteiger partial charge in [-0.2, -0.15) is 0 Å². The van der Waals surface area contributed by atoms with Gasteiger partial charge in [0.05, 0.1) is 10.6 Å². The van der Waals surface area contributed by atoms with Crippen molar-refractivity contribution in [3.05, 3.63) is 45.6 Å². The lowest BCUT2D eigenvalue weighted by Crippen LogP contribution is -2.38. The molecule has 0 aliphatic carbocycles. The Morgan fingerprint density at radius 3 is 2.52 bits per heavy atom. The predicted molar refractivity (Wildman–Crippen MR) is 90.7 cm³/mol. The Hall–Kier alpha value is -1.39. The van der Waals surface area contributed by atoms with Crippen LogP contribution < -0.4 is 11.3 Å². The number of rotatable bonds is 5. The first-order valence-electron chi connectivity index (χ1n) is 7.38. The summed E-state index contributed by atoms with van der Waals surface area (Å²) in [5, 5.41) is 2.04. The van der Waals surface area contributed by atoms with E-state index >= 15 is 0 Å². The van der Waals surface area contributed by atoms with E-state index in [4.69, 9.17) is 5.73 Å². The second-order valence-corrected chi connectivity index (χ2v) is 7.42. The minimum Gasteiger partial charge on any atom is -0.322 e. The van der Waals surface area contributed by atoms with Gasteiger partial charge in [0.25, 0.3) is 5.56 Å². The second-order valence-electron chi connectivity index (χ2n) is 6.47. The Labute approximate surface area is 130 Å². The number of thiophene rings is 1. The van der Waals surface area contributed by atoms with Gasteiger partial charge in [0.15, 0.2) is 0 Å². The molecule has 2 aromatic heterocycles. The van der Waals surface area contributed by atoms with E-state index in [1.165, 1.54) is 0 Å². The number of aromatic nitrogens is 1. The lowest BCUT2D eigenvalue weighted by atomic mass is 9.96. The topological polar surface area (TPSA) is 48.0 Å². The molecule has 0 bridgehead atoms. The van der Waals surface area contributed by atoms with Crippen LogP contribution >= 0.6 is 11.3 Å². The van der Waals surface area contributed by atoms with Gasteiger partial charge in [-0.15, -0.1) is 11.3 Å². The average Bonchev–Trinajstić information content (AvgIpc) is 2.88. The smallest absolute Gasteiger partial charge is 0.256 e. The minimum atomic E-state index is -0.620. The molecule has 0 aliphatic rings. The summed E-state index contributed by atoms with van der Waals surface area (Å²) in [6.07, 6.45) is 0.979. The monoisotopic (exact) mass is 304 g/mol. The summed E-state index contributed by atoms with van der Waals surface area (Å²) in [5.41, 5.74) is 7.22. The summed E-state index contributed by atoms with van der Waals surface area (Å²) in [5.74, 6) is 0.558. The maximum Gasteiger partial charge on any atom is 0.256 e. The van der Waals surface area contributed by atoms with Crippen molar-refractivity contribution in [3.8, 4) is 10.6 Å². The molecular weight excluding hydrogens is 280 g/mol. The first kappa shape index (κ1) is 16.0. The highest BCUT2D eigenvalue weighted by Gasteiger charge is 2.21. The van der Waals surface area contributed by atoms with E-state index in [0.717, 1.165) is 23.5 Å². The van der Waals surface area contributed by atoms with Crippen LogP contribution in [0.5, 0.6) is 0 Å². The molecule has 2 aromatic rings. The van der Waals surface area contributed by atoms with Crippen LogP contribution in [0.2, 0.25) is 0 Å². The molecule has 2 rings (SSSR count). The SMILES string of the molecule is CC(C)CCn1c(-c2cccs2)ccc(C(C)(C)N)c1=O. The molecule has 0 fully saturated rings. The van der Waals surface area contributed by atoms with Gasteiger partial charge in [0, 0.05) is 17.6 Å². The van der Waals surface area contributed by atoms with Crippen LogP contribution in [0.15, 0.2) is 34.4 Å². The zero-order valence-corrected chi connectivity index (χ0v) is 14.0. The molecule has 0 aliphatic heterocycles. The molecule has 0 spiro atoms. The van der Waals surface area contributed by atoms with Crippen LogP contribution in [-0.4, -0.2) is 4.57 Å². The number of nitrogens with two attached hydrogens (primary N) is 1. The first-order valence-corrected chi connectivity index (χ1v) is 8.25. The molecule has 2 heterocycles. The Kier molecular flexibility index (Phi) is 4.69. The minimum absolute atomic E-state index is 0.0362. The molecule has 0 radical (unpaired) electrons. The highest BCUT2D eigenvalue weighted by atomic mass is 32.1. The fourth-order valence-corrected chi connectivity index (χ4v) is 3.08. The van der Waals surface area contributed by atoms with E-state index in [2.05, 4.69) is 19.9 Å². The molecule has 2 N–H and O–H groups in total. The Morgan fingerprint density at radius 2 is 2.00 bits per heavy atom. The van der Waals surface area contributed by atoms with Crippen molar-refractivity contribution in [2.75, 3.05) is 0 Å². The molecule has 0 unspecified atom stereocenters. The summed E-state index contributed by atoms with van der Waals surface area (Å²) in [6.45, 7) is 8.83. The van der Waals surface area contributed by atoms with Gasteiger partial charge in [0.1, 0.15) is 0 Å². The molecular formula is C17H24N2OS. The van der Waals surface area contributed by atoms with Crippen molar-refractivity contribution in [2.24, 2.45) is 11.7 Å². The quantitative estimate of drug-likeness (QED) is 0.913. The van der Waals surface area contributed by atoms with E-state index in [9.17, 15) is 4.79 Å². The summed E-state index contributed by atoms with van der Waals surface area (Å²) >= 11 is 1.66. The van der Waals surface area contributed by atoms with Crippen molar-refractivity contribution >= 4 is 11.3 Å². The van der Waals surface area contributed by atoms with E-state index < -0.39 is 5.54 Å². The van der Waals surface area contributed by atoms with Crippen LogP contribution in [0.4, 0.5) is 0 Å². The van der Waals surface area contributed by atoms with Gasteiger partial charge in [-0.1, -0.05) is 19.9 Å². The maximum absolute atomic E-state index is 12.8. The summed E-state index contributed by atoms with van der Waals surface area (Å²) in [7, 11) is 0. The van der Waals surface area contributed by atoms with Gasteiger partial charge < -0.3 is 10.3 Å². The summed E-state index contributed by atoms with van der Waals surface area (Å²) in [6, 6.07) is 7.97. The lowest BCUT2D eigenvalue weighted by Gasteiger charge is -2.22. The zero-order valence-electron chi connectivity index (χ0n) is 13.2. The molecule has 114 valence electrons. The summed E-state index contributed by atoms with van der Waals surface area (Å²) < 4.78 is 1.88. The van der Waals surface area contributed by atoms with Gasteiger partial charge in [-0.3, -0.25) is 4.79 Å². The van der Waals surface area contributed by atoms with Crippen LogP contribution in [0.1, 0.15) is 39.7 Å². The van der Waals surface area contributed by atoms with Crippen molar-refractivity contribution in [1.29, 1.82) is 0 Å². The lowest BCUT2D eigenvalue weighted by molar-refractivity contribution is 0.494. The van der Waals surface area contributed by atoms with Gasteiger partial charge in [-0.25, -0.2) is 0 Å². The standard InChI is InChI=1S/C17H24N2OS/c1-12(2)9-10-19-14(15-6-5-11-21-15)8-7-13(16(19)20)17(3,4)18/h5-8,11-12H,9-10,18H2,1-4H3. The zero-order chi connectivity index (χ0) is 15.6. The van der Waals surface area contributed by atoms with Crippen LogP contribution in [0.25, 0.3) is 10.6 Å². The van der Waals surface area contributed by atoms with Gasteiger partial charge in [0.2, 0.25) is 0 Å². The van der Waals surface area contributed by atoms with E-state index in [1.807, 2.05) is 42.0 Å². The van der Waals surface area contributed by atoms with Gasteiger partial charge in [-0.05, 0) is 49.8 Å².